The first-order valence-electron chi connectivity index (χ1n) is 6.88. The largest absolute Gasteiger partial charge is 0.397 e. The van der Waals surface area contributed by atoms with E-state index in [1.165, 1.54) is 17.4 Å². The fourth-order valence-electron chi connectivity index (χ4n) is 2.78. The number of thiophene rings is 1. The average Bonchev–Trinajstić information content (AvgIpc) is 2.75. The molecule has 1 saturated heterocycles. The van der Waals surface area contributed by atoms with Gasteiger partial charge in [-0.05, 0) is 26.0 Å². The number of amides is 1. The molecule has 1 aliphatic rings. The van der Waals surface area contributed by atoms with E-state index in [1.54, 1.807) is 17.0 Å². The monoisotopic (exact) mass is 308 g/mol. The van der Waals surface area contributed by atoms with Gasteiger partial charge in [-0.2, -0.15) is 0 Å². The van der Waals surface area contributed by atoms with Gasteiger partial charge in [-0.1, -0.05) is 6.07 Å². The van der Waals surface area contributed by atoms with Crippen molar-refractivity contribution in [1.29, 1.82) is 0 Å². The Labute approximate surface area is 126 Å². The van der Waals surface area contributed by atoms with Gasteiger partial charge in [0.1, 0.15) is 10.7 Å². The van der Waals surface area contributed by atoms with Crippen LogP contribution >= 0.6 is 11.3 Å². The molecule has 1 aromatic carbocycles. The van der Waals surface area contributed by atoms with E-state index in [9.17, 15) is 9.18 Å². The molecule has 0 radical (unpaired) electrons. The zero-order valence-corrected chi connectivity index (χ0v) is 12.7. The van der Waals surface area contributed by atoms with Crippen LogP contribution in [0.1, 0.15) is 23.5 Å². The number of rotatable bonds is 1. The van der Waals surface area contributed by atoms with Gasteiger partial charge in [0.15, 0.2) is 0 Å². The number of nitrogens with two attached hydrogens (primary N) is 1. The minimum absolute atomic E-state index is 0.00922. The molecule has 0 aliphatic carbocycles. The molecule has 2 unspecified atom stereocenters. The molecule has 2 atom stereocenters. The van der Waals surface area contributed by atoms with Gasteiger partial charge in [0.25, 0.3) is 5.91 Å². The summed E-state index contributed by atoms with van der Waals surface area (Å²) in [6.45, 7) is 4.92. The summed E-state index contributed by atoms with van der Waals surface area (Å²) >= 11 is 1.25. The van der Waals surface area contributed by atoms with Gasteiger partial charge in [0.05, 0.1) is 23.3 Å². The number of carbonyl (C=O) groups excluding carboxylic acids is 1. The number of nitrogens with zero attached hydrogens (tertiary/aromatic N) is 1. The van der Waals surface area contributed by atoms with Gasteiger partial charge in [0.2, 0.25) is 0 Å². The summed E-state index contributed by atoms with van der Waals surface area (Å²) in [5, 5.41) is 0.347. The van der Waals surface area contributed by atoms with Crippen LogP contribution in [0.5, 0.6) is 0 Å². The summed E-state index contributed by atoms with van der Waals surface area (Å²) in [6, 6.07) is 4.76. The third-order valence-electron chi connectivity index (χ3n) is 3.60. The van der Waals surface area contributed by atoms with E-state index < -0.39 is 0 Å². The Balaban J connectivity index is 1.98. The van der Waals surface area contributed by atoms with Crippen molar-refractivity contribution in [3.05, 3.63) is 28.9 Å². The zero-order valence-electron chi connectivity index (χ0n) is 11.9. The highest BCUT2D eigenvalue weighted by atomic mass is 32.1. The molecule has 6 heteroatoms. The quantitative estimate of drug-likeness (QED) is 0.881. The summed E-state index contributed by atoms with van der Waals surface area (Å²) in [6.07, 6.45) is -0.0184. The van der Waals surface area contributed by atoms with Crippen molar-refractivity contribution in [2.75, 3.05) is 18.8 Å². The lowest BCUT2D eigenvalue weighted by Crippen LogP contribution is -2.48. The van der Waals surface area contributed by atoms with E-state index in [0.29, 0.717) is 28.1 Å². The summed E-state index contributed by atoms with van der Waals surface area (Å²) in [4.78, 5) is 14.8. The maximum absolute atomic E-state index is 13.9. The number of ether oxygens (including phenoxy) is 1. The van der Waals surface area contributed by atoms with Gasteiger partial charge in [0, 0.05) is 17.8 Å². The van der Waals surface area contributed by atoms with Gasteiger partial charge < -0.3 is 15.4 Å². The number of hydrogen-bond donors (Lipinski definition) is 1. The van der Waals surface area contributed by atoms with Gasteiger partial charge in [-0.25, -0.2) is 4.39 Å². The first-order valence-corrected chi connectivity index (χ1v) is 7.70. The van der Waals surface area contributed by atoms with Crippen molar-refractivity contribution in [1.82, 2.24) is 4.90 Å². The molecule has 0 bridgehead atoms. The van der Waals surface area contributed by atoms with Crippen molar-refractivity contribution >= 4 is 33.0 Å². The number of morpholine rings is 1. The molecule has 1 fully saturated rings. The fourth-order valence-corrected chi connectivity index (χ4v) is 3.88. The Morgan fingerprint density at radius 1 is 1.38 bits per heavy atom. The Hall–Kier alpha value is -1.66. The number of carbonyl (C=O) groups is 1. The lowest BCUT2D eigenvalue weighted by Gasteiger charge is -2.35. The van der Waals surface area contributed by atoms with Crippen molar-refractivity contribution in [2.24, 2.45) is 0 Å². The van der Waals surface area contributed by atoms with Crippen molar-refractivity contribution < 1.29 is 13.9 Å². The van der Waals surface area contributed by atoms with Crippen LogP contribution in [0.2, 0.25) is 0 Å². The fraction of sp³-hybridized carbons (Fsp3) is 0.400. The highest BCUT2D eigenvalue weighted by Crippen LogP contribution is 2.36. The smallest absolute Gasteiger partial charge is 0.266 e. The maximum atomic E-state index is 13.9. The summed E-state index contributed by atoms with van der Waals surface area (Å²) in [7, 11) is 0. The summed E-state index contributed by atoms with van der Waals surface area (Å²) in [5.74, 6) is -0.529. The summed E-state index contributed by atoms with van der Waals surface area (Å²) < 4.78 is 20.2. The molecule has 21 heavy (non-hydrogen) atoms. The van der Waals surface area contributed by atoms with Crippen LogP contribution in [0.25, 0.3) is 10.1 Å². The van der Waals surface area contributed by atoms with Crippen LogP contribution in [0.3, 0.4) is 0 Å². The molecule has 1 amide bonds. The average molecular weight is 308 g/mol. The Bertz CT molecular complexity index is 690. The molecule has 2 heterocycles. The minimum Gasteiger partial charge on any atom is -0.397 e. The zero-order chi connectivity index (χ0) is 15.1. The number of benzene rings is 1. The van der Waals surface area contributed by atoms with E-state index in [-0.39, 0.29) is 29.6 Å². The molecule has 112 valence electrons. The Morgan fingerprint density at radius 3 is 2.67 bits per heavy atom. The predicted molar refractivity (Wildman–Crippen MR) is 82.1 cm³/mol. The number of nitrogen functional groups attached to an aromatic ring is 1. The van der Waals surface area contributed by atoms with Crippen molar-refractivity contribution in [2.45, 2.75) is 26.1 Å². The third-order valence-corrected chi connectivity index (χ3v) is 4.76. The predicted octanol–water partition coefficient (Wildman–Crippen LogP) is 2.87. The molecular formula is C15H17FN2O2S. The van der Waals surface area contributed by atoms with Crippen LogP contribution in [0, 0.1) is 5.82 Å². The van der Waals surface area contributed by atoms with Crippen LogP contribution in [-0.2, 0) is 4.74 Å². The van der Waals surface area contributed by atoms with Crippen LogP contribution in [-0.4, -0.2) is 36.1 Å². The van der Waals surface area contributed by atoms with E-state index in [0.717, 1.165) is 0 Å². The highest BCUT2D eigenvalue weighted by Gasteiger charge is 2.29. The molecule has 3 rings (SSSR count). The van der Waals surface area contributed by atoms with Crippen molar-refractivity contribution in [3.63, 3.8) is 0 Å². The molecule has 1 aliphatic heterocycles. The van der Waals surface area contributed by atoms with Crippen LogP contribution < -0.4 is 5.73 Å². The van der Waals surface area contributed by atoms with Gasteiger partial charge in [-0.3, -0.25) is 4.79 Å². The second-order valence-electron chi connectivity index (χ2n) is 5.43. The van der Waals surface area contributed by atoms with E-state index >= 15 is 0 Å². The molecule has 0 saturated carbocycles. The van der Waals surface area contributed by atoms with Crippen LogP contribution in [0.4, 0.5) is 10.1 Å². The lowest BCUT2D eigenvalue weighted by atomic mass is 10.2. The molecule has 2 N–H and O–H groups in total. The number of anilines is 1. The van der Waals surface area contributed by atoms with E-state index in [2.05, 4.69) is 0 Å². The van der Waals surface area contributed by atoms with E-state index in [1.807, 2.05) is 13.8 Å². The third kappa shape index (κ3) is 2.49. The first-order chi connectivity index (χ1) is 9.97. The van der Waals surface area contributed by atoms with E-state index in [4.69, 9.17) is 10.5 Å². The first kappa shape index (κ1) is 14.3. The normalized spacial score (nSPS) is 22.7. The maximum Gasteiger partial charge on any atom is 0.266 e. The summed E-state index contributed by atoms with van der Waals surface area (Å²) in [5.41, 5.74) is 6.25. The van der Waals surface area contributed by atoms with Gasteiger partial charge >= 0.3 is 0 Å². The molecule has 2 aromatic rings. The minimum atomic E-state index is -0.385. The number of halogens is 1. The number of fused-ring (bicyclic) bond motifs is 1. The lowest BCUT2D eigenvalue weighted by molar-refractivity contribution is -0.0584. The van der Waals surface area contributed by atoms with Gasteiger partial charge in [-0.15, -0.1) is 11.3 Å². The van der Waals surface area contributed by atoms with Crippen LogP contribution in [0.15, 0.2) is 18.2 Å². The highest BCUT2D eigenvalue weighted by molar-refractivity contribution is 7.21. The second kappa shape index (κ2) is 5.27. The second-order valence-corrected chi connectivity index (χ2v) is 6.48. The Morgan fingerprint density at radius 2 is 2.05 bits per heavy atom. The molecule has 4 nitrogen and oxygen atoms in total. The number of hydrogen-bond acceptors (Lipinski definition) is 4. The SMILES string of the molecule is CC1CN(C(=O)c2sc3cccc(F)c3c2N)CC(C)O1. The topological polar surface area (TPSA) is 55.6 Å². The molecule has 1 aromatic heterocycles. The Kier molecular flexibility index (Phi) is 3.59. The molecular weight excluding hydrogens is 291 g/mol. The standard InChI is InChI=1S/C15H17FN2O2S/c1-8-6-18(7-9(2)20-8)15(19)14-13(17)12-10(16)4-3-5-11(12)21-14/h3-5,8-9H,6-7,17H2,1-2H3. The van der Waals surface area contributed by atoms with Crippen molar-refractivity contribution in [3.8, 4) is 0 Å². The molecule has 0 spiro atoms.